The van der Waals surface area contributed by atoms with Gasteiger partial charge in [0.25, 0.3) is 11.7 Å². The molecule has 0 aliphatic carbocycles. The summed E-state index contributed by atoms with van der Waals surface area (Å²) in [4.78, 5) is 36.8. The van der Waals surface area contributed by atoms with Crippen LogP contribution in [0.2, 0.25) is 0 Å². The Morgan fingerprint density at radius 3 is 2.65 bits per heavy atom. The van der Waals surface area contributed by atoms with Crippen molar-refractivity contribution in [1.82, 2.24) is 5.32 Å². The largest absolute Gasteiger partial charge is 0.356 e. The SMILES string of the molecule is CCNC(=O)CCN1C(=O)C(=O)c2cc(CC)ccc21. The minimum Gasteiger partial charge on any atom is -0.356 e. The predicted molar refractivity (Wildman–Crippen MR) is 75.8 cm³/mol. The number of carbonyl (C=O) groups is 3. The molecule has 1 aromatic rings. The van der Waals surface area contributed by atoms with Crippen LogP contribution in [0, 0.1) is 0 Å². The zero-order valence-electron chi connectivity index (χ0n) is 11.7. The maximum absolute atomic E-state index is 12.0. The van der Waals surface area contributed by atoms with Crippen LogP contribution in [0.3, 0.4) is 0 Å². The summed E-state index contributed by atoms with van der Waals surface area (Å²) in [6.07, 6.45) is 1.01. The van der Waals surface area contributed by atoms with Crippen molar-refractivity contribution < 1.29 is 14.4 Å². The number of hydrogen-bond acceptors (Lipinski definition) is 3. The average Bonchev–Trinajstić information content (AvgIpc) is 2.69. The highest BCUT2D eigenvalue weighted by Gasteiger charge is 2.35. The van der Waals surface area contributed by atoms with Gasteiger partial charge in [-0.1, -0.05) is 13.0 Å². The van der Waals surface area contributed by atoms with Crippen LogP contribution in [0.15, 0.2) is 18.2 Å². The molecule has 0 atom stereocenters. The second-order valence-electron chi connectivity index (χ2n) is 4.69. The first-order valence-corrected chi connectivity index (χ1v) is 6.84. The van der Waals surface area contributed by atoms with Gasteiger partial charge in [0.15, 0.2) is 0 Å². The van der Waals surface area contributed by atoms with Gasteiger partial charge in [0, 0.05) is 19.5 Å². The Morgan fingerprint density at radius 2 is 2.00 bits per heavy atom. The topological polar surface area (TPSA) is 66.5 Å². The maximum atomic E-state index is 12.0. The summed E-state index contributed by atoms with van der Waals surface area (Å²) >= 11 is 0. The molecular formula is C15H18N2O3. The number of amides is 2. The summed E-state index contributed by atoms with van der Waals surface area (Å²) in [7, 11) is 0. The molecule has 1 aromatic carbocycles. The third-order valence-electron chi connectivity index (χ3n) is 3.38. The van der Waals surface area contributed by atoms with Crippen LogP contribution in [0.4, 0.5) is 5.69 Å². The summed E-state index contributed by atoms with van der Waals surface area (Å²) in [6.45, 7) is 4.62. The van der Waals surface area contributed by atoms with Gasteiger partial charge in [-0.3, -0.25) is 14.4 Å². The van der Waals surface area contributed by atoms with E-state index in [0.717, 1.165) is 12.0 Å². The quantitative estimate of drug-likeness (QED) is 0.823. The molecule has 0 radical (unpaired) electrons. The highest BCUT2D eigenvalue weighted by molar-refractivity contribution is 6.52. The molecule has 20 heavy (non-hydrogen) atoms. The van der Waals surface area contributed by atoms with Crippen molar-refractivity contribution in [1.29, 1.82) is 0 Å². The smallest absolute Gasteiger partial charge is 0.299 e. The fraction of sp³-hybridized carbons (Fsp3) is 0.400. The Kier molecular flexibility index (Phi) is 4.17. The van der Waals surface area contributed by atoms with Gasteiger partial charge in [-0.25, -0.2) is 0 Å². The van der Waals surface area contributed by atoms with Crippen molar-refractivity contribution in [2.24, 2.45) is 0 Å². The lowest BCUT2D eigenvalue weighted by Gasteiger charge is -2.16. The number of aryl methyl sites for hydroxylation is 1. The molecule has 2 amide bonds. The minimum absolute atomic E-state index is 0.119. The molecule has 0 bridgehead atoms. The third kappa shape index (κ3) is 2.57. The molecule has 0 unspecified atom stereocenters. The van der Waals surface area contributed by atoms with Crippen LogP contribution in [0.25, 0.3) is 0 Å². The lowest BCUT2D eigenvalue weighted by atomic mass is 10.1. The van der Waals surface area contributed by atoms with Crippen LogP contribution in [-0.2, 0) is 16.0 Å². The molecule has 1 N–H and O–H groups in total. The number of hydrogen-bond donors (Lipinski definition) is 1. The third-order valence-corrected chi connectivity index (χ3v) is 3.38. The van der Waals surface area contributed by atoms with Gasteiger partial charge < -0.3 is 10.2 Å². The van der Waals surface area contributed by atoms with E-state index >= 15 is 0 Å². The van der Waals surface area contributed by atoms with Crippen LogP contribution in [0.1, 0.15) is 36.2 Å². The molecule has 0 aromatic heterocycles. The highest BCUT2D eigenvalue weighted by Crippen LogP contribution is 2.30. The van der Waals surface area contributed by atoms with Crippen LogP contribution in [-0.4, -0.2) is 30.7 Å². The van der Waals surface area contributed by atoms with Crippen LogP contribution < -0.4 is 10.2 Å². The zero-order chi connectivity index (χ0) is 14.7. The zero-order valence-corrected chi connectivity index (χ0v) is 11.7. The molecule has 2 rings (SSSR count). The van der Waals surface area contributed by atoms with Crippen molar-refractivity contribution >= 4 is 23.3 Å². The fourth-order valence-electron chi connectivity index (χ4n) is 2.29. The van der Waals surface area contributed by atoms with E-state index in [1.165, 1.54) is 4.90 Å². The van der Waals surface area contributed by atoms with Gasteiger partial charge in [-0.2, -0.15) is 0 Å². The van der Waals surface area contributed by atoms with E-state index in [1.807, 2.05) is 19.9 Å². The number of ketones is 1. The van der Waals surface area contributed by atoms with Crippen LogP contribution in [0.5, 0.6) is 0 Å². The summed E-state index contributed by atoms with van der Waals surface area (Å²) in [6, 6.07) is 5.46. The molecule has 5 heteroatoms. The summed E-state index contributed by atoms with van der Waals surface area (Å²) < 4.78 is 0. The van der Waals surface area contributed by atoms with Gasteiger partial charge in [-0.05, 0) is 31.0 Å². The van der Waals surface area contributed by atoms with Crippen molar-refractivity contribution in [3.05, 3.63) is 29.3 Å². The molecule has 0 spiro atoms. The molecule has 1 aliphatic heterocycles. The number of carbonyl (C=O) groups excluding carboxylic acids is 3. The van der Waals surface area contributed by atoms with Crippen molar-refractivity contribution in [2.75, 3.05) is 18.0 Å². The average molecular weight is 274 g/mol. The Labute approximate surface area is 118 Å². The molecule has 106 valence electrons. The van der Waals surface area contributed by atoms with E-state index in [4.69, 9.17) is 0 Å². The minimum atomic E-state index is -0.544. The van der Waals surface area contributed by atoms with E-state index in [2.05, 4.69) is 5.32 Å². The Balaban J connectivity index is 2.18. The first kappa shape index (κ1) is 14.2. The monoisotopic (exact) mass is 274 g/mol. The van der Waals surface area contributed by atoms with Gasteiger partial charge in [0.05, 0.1) is 11.3 Å². The van der Waals surface area contributed by atoms with Crippen LogP contribution >= 0.6 is 0 Å². The summed E-state index contributed by atoms with van der Waals surface area (Å²) in [5.74, 6) is -1.14. The van der Waals surface area contributed by atoms with Crippen molar-refractivity contribution in [3.8, 4) is 0 Å². The maximum Gasteiger partial charge on any atom is 0.299 e. The lowest BCUT2D eigenvalue weighted by Crippen LogP contribution is -2.34. The Hall–Kier alpha value is -2.17. The van der Waals surface area contributed by atoms with Gasteiger partial charge in [0.2, 0.25) is 5.91 Å². The molecule has 0 fully saturated rings. The molecular weight excluding hydrogens is 256 g/mol. The number of fused-ring (bicyclic) bond motifs is 1. The van der Waals surface area contributed by atoms with Gasteiger partial charge >= 0.3 is 0 Å². The normalized spacial score (nSPS) is 13.6. The van der Waals surface area contributed by atoms with E-state index < -0.39 is 11.7 Å². The standard InChI is InChI=1S/C15H18N2O3/c1-3-10-5-6-12-11(9-10)14(19)15(20)17(12)8-7-13(18)16-4-2/h5-6,9H,3-4,7-8H2,1-2H3,(H,16,18). The summed E-state index contributed by atoms with van der Waals surface area (Å²) in [5, 5.41) is 2.68. The van der Waals surface area contributed by atoms with Crippen molar-refractivity contribution in [3.63, 3.8) is 0 Å². The second-order valence-corrected chi connectivity index (χ2v) is 4.69. The molecule has 5 nitrogen and oxygen atoms in total. The lowest BCUT2D eigenvalue weighted by molar-refractivity contribution is -0.120. The molecule has 0 saturated carbocycles. The number of nitrogens with one attached hydrogen (secondary N) is 1. The Morgan fingerprint density at radius 1 is 1.25 bits per heavy atom. The first-order chi connectivity index (χ1) is 9.58. The number of rotatable bonds is 5. The number of nitrogens with zero attached hydrogens (tertiary/aromatic N) is 1. The predicted octanol–water partition coefficient (Wildman–Crippen LogP) is 1.30. The molecule has 1 heterocycles. The van der Waals surface area contributed by atoms with Crippen molar-refractivity contribution in [2.45, 2.75) is 26.7 Å². The van der Waals surface area contributed by atoms with Gasteiger partial charge in [-0.15, -0.1) is 0 Å². The van der Waals surface area contributed by atoms with E-state index in [0.29, 0.717) is 17.8 Å². The van der Waals surface area contributed by atoms with E-state index in [1.54, 1.807) is 12.1 Å². The highest BCUT2D eigenvalue weighted by atomic mass is 16.2. The van der Waals surface area contributed by atoms with Gasteiger partial charge in [0.1, 0.15) is 0 Å². The fourth-order valence-corrected chi connectivity index (χ4v) is 2.29. The molecule has 0 saturated heterocycles. The molecule has 1 aliphatic rings. The number of anilines is 1. The Bertz CT molecular complexity index is 566. The second kappa shape index (κ2) is 5.86. The number of Topliss-reactive ketones (excluding diaryl/α,β-unsaturated/α-hetero) is 1. The van der Waals surface area contributed by atoms with E-state index in [-0.39, 0.29) is 18.9 Å². The number of benzene rings is 1. The first-order valence-electron chi connectivity index (χ1n) is 6.84. The van der Waals surface area contributed by atoms with E-state index in [9.17, 15) is 14.4 Å². The summed E-state index contributed by atoms with van der Waals surface area (Å²) in [5.41, 5.74) is 2.09.